The van der Waals surface area contributed by atoms with E-state index in [0.717, 1.165) is 34.6 Å². The minimum atomic E-state index is -0.0117. The van der Waals surface area contributed by atoms with Gasteiger partial charge in [0, 0.05) is 11.1 Å². The molecule has 0 atom stereocenters. The van der Waals surface area contributed by atoms with Gasteiger partial charge in [0.05, 0.1) is 11.4 Å². The first-order valence-corrected chi connectivity index (χ1v) is 5.14. The van der Waals surface area contributed by atoms with Crippen LogP contribution in [0.3, 0.4) is 0 Å². The maximum absolute atomic E-state index is 11.7. The Morgan fingerprint density at radius 3 is 2.53 bits per heavy atom. The van der Waals surface area contributed by atoms with Gasteiger partial charge in [0.1, 0.15) is 5.65 Å². The van der Waals surface area contributed by atoms with Crippen molar-refractivity contribution in [1.82, 2.24) is 14.6 Å². The van der Waals surface area contributed by atoms with Gasteiger partial charge < -0.3 is 4.98 Å². The highest BCUT2D eigenvalue weighted by Crippen LogP contribution is 2.13. The molecule has 0 aliphatic heterocycles. The van der Waals surface area contributed by atoms with Gasteiger partial charge in [0.15, 0.2) is 0 Å². The van der Waals surface area contributed by atoms with Crippen LogP contribution in [-0.4, -0.2) is 14.6 Å². The van der Waals surface area contributed by atoms with Gasteiger partial charge in [-0.05, 0) is 27.2 Å². The van der Waals surface area contributed by atoms with Crippen molar-refractivity contribution in [2.24, 2.45) is 0 Å². The molecule has 2 aromatic heterocycles. The predicted molar refractivity (Wildman–Crippen MR) is 59.4 cm³/mol. The van der Waals surface area contributed by atoms with Crippen LogP contribution >= 0.6 is 0 Å². The van der Waals surface area contributed by atoms with Crippen LogP contribution in [0.15, 0.2) is 4.79 Å². The van der Waals surface area contributed by atoms with Crippen molar-refractivity contribution in [3.8, 4) is 0 Å². The summed E-state index contributed by atoms with van der Waals surface area (Å²) in [6.07, 6.45) is 0.812. The molecular formula is C11H15N3O. The number of rotatable bonds is 1. The van der Waals surface area contributed by atoms with Crippen LogP contribution in [0.1, 0.15) is 29.4 Å². The van der Waals surface area contributed by atoms with Crippen LogP contribution in [0.25, 0.3) is 5.65 Å². The van der Waals surface area contributed by atoms with E-state index in [2.05, 4.69) is 10.1 Å². The molecule has 1 N–H and O–H groups in total. The lowest BCUT2D eigenvalue weighted by molar-refractivity contribution is 0.817. The Morgan fingerprint density at radius 1 is 1.27 bits per heavy atom. The van der Waals surface area contributed by atoms with Crippen LogP contribution in [0, 0.1) is 20.8 Å². The van der Waals surface area contributed by atoms with Crippen molar-refractivity contribution in [2.75, 3.05) is 0 Å². The summed E-state index contributed by atoms with van der Waals surface area (Å²) in [5.41, 5.74) is 4.56. The van der Waals surface area contributed by atoms with E-state index in [9.17, 15) is 4.79 Å². The first-order chi connectivity index (χ1) is 7.06. The van der Waals surface area contributed by atoms with Gasteiger partial charge >= 0.3 is 0 Å². The number of aromatic nitrogens is 3. The minimum absolute atomic E-state index is 0.0117. The molecule has 0 aromatic carbocycles. The third-order valence-electron chi connectivity index (χ3n) is 2.96. The number of hydrogen-bond acceptors (Lipinski definition) is 2. The Hall–Kier alpha value is -1.58. The Kier molecular flexibility index (Phi) is 2.14. The largest absolute Gasteiger partial charge is 0.306 e. The molecule has 15 heavy (non-hydrogen) atoms. The maximum atomic E-state index is 11.7. The van der Waals surface area contributed by atoms with Crippen molar-refractivity contribution in [2.45, 2.75) is 34.1 Å². The standard InChI is InChI=1S/C11H15N3O/c1-5-9-7(3)11(15)12-10-6(2)8(4)13-14(9)10/h5H2,1-4H3,(H,12,15). The molecule has 4 heteroatoms. The SMILES string of the molecule is CCc1c(C)c(=O)[nH]c2c(C)c(C)nn12. The van der Waals surface area contributed by atoms with E-state index in [1.165, 1.54) is 0 Å². The summed E-state index contributed by atoms with van der Waals surface area (Å²) < 4.78 is 1.85. The quantitative estimate of drug-likeness (QED) is 0.767. The molecule has 0 unspecified atom stereocenters. The lowest BCUT2D eigenvalue weighted by atomic mass is 10.2. The second-order valence-corrected chi connectivity index (χ2v) is 3.85. The summed E-state index contributed by atoms with van der Waals surface area (Å²) in [4.78, 5) is 14.5. The molecule has 80 valence electrons. The summed E-state index contributed by atoms with van der Waals surface area (Å²) in [5.74, 6) is 0. The van der Waals surface area contributed by atoms with E-state index >= 15 is 0 Å². The van der Waals surface area contributed by atoms with E-state index in [-0.39, 0.29) is 5.56 Å². The van der Waals surface area contributed by atoms with Crippen LogP contribution in [-0.2, 0) is 6.42 Å². The average Bonchev–Trinajstić information content (AvgIpc) is 2.47. The van der Waals surface area contributed by atoms with E-state index in [1.54, 1.807) is 0 Å². The number of fused-ring (bicyclic) bond motifs is 1. The number of aryl methyl sites for hydroxylation is 3. The second-order valence-electron chi connectivity index (χ2n) is 3.85. The van der Waals surface area contributed by atoms with E-state index < -0.39 is 0 Å². The number of aromatic amines is 1. The molecule has 2 rings (SSSR count). The molecule has 0 aliphatic rings. The molecule has 4 nitrogen and oxygen atoms in total. The highest BCUT2D eigenvalue weighted by Gasteiger charge is 2.12. The Balaban J connectivity index is 3.01. The Bertz CT molecular complexity index is 578. The van der Waals surface area contributed by atoms with Crippen LogP contribution < -0.4 is 5.56 Å². The normalized spacial score (nSPS) is 11.2. The first kappa shape index (κ1) is 9.96. The molecule has 0 aliphatic carbocycles. The molecule has 0 saturated heterocycles. The molecule has 0 spiro atoms. The third kappa shape index (κ3) is 1.28. The Morgan fingerprint density at radius 2 is 1.93 bits per heavy atom. The zero-order valence-corrected chi connectivity index (χ0v) is 9.51. The molecule has 0 fully saturated rings. The summed E-state index contributed by atoms with van der Waals surface area (Å²) >= 11 is 0. The fraction of sp³-hybridized carbons (Fsp3) is 0.455. The summed E-state index contributed by atoms with van der Waals surface area (Å²) in [7, 11) is 0. The van der Waals surface area contributed by atoms with Crippen LogP contribution in [0.5, 0.6) is 0 Å². The van der Waals surface area contributed by atoms with Gasteiger partial charge in [-0.25, -0.2) is 4.52 Å². The smallest absolute Gasteiger partial charge is 0.254 e. The van der Waals surface area contributed by atoms with Gasteiger partial charge in [-0.2, -0.15) is 5.10 Å². The number of hydrogen-bond donors (Lipinski definition) is 1. The van der Waals surface area contributed by atoms with Crippen molar-refractivity contribution in [3.05, 3.63) is 32.9 Å². The van der Waals surface area contributed by atoms with Gasteiger partial charge in [-0.3, -0.25) is 4.79 Å². The van der Waals surface area contributed by atoms with Crippen molar-refractivity contribution in [1.29, 1.82) is 0 Å². The summed E-state index contributed by atoms with van der Waals surface area (Å²) in [6.45, 7) is 7.80. The van der Waals surface area contributed by atoms with Crippen molar-refractivity contribution in [3.63, 3.8) is 0 Å². The number of nitrogens with one attached hydrogen (secondary N) is 1. The van der Waals surface area contributed by atoms with Crippen molar-refractivity contribution >= 4 is 5.65 Å². The lowest BCUT2D eigenvalue weighted by Gasteiger charge is -2.05. The zero-order chi connectivity index (χ0) is 11.2. The van der Waals surface area contributed by atoms with Gasteiger partial charge in [0.2, 0.25) is 0 Å². The van der Waals surface area contributed by atoms with Gasteiger partial charge in [0.25, 0.3) is 5.56 Å². The second kappa shape index (κ2) is 3.22. The fourth-order valence-corrected chi connectivity index (χ4v) is 1.85. The monoisotopic (exact) mass is 205 g/mol. The molecule has 2 heterocycles. The molecular weight excluding hydrogens is 190 g/mol. The summed E-state index contributed by atoms with van der Waals surface area (Å²) in [5, 5.41) is 4.43. The number of H-pyrrole nitrogens is 1. The van der Waals surface area contributed by atoms with Crippen LogP contribution in [0.2, 0.25) is 0 Å². The first-order valence-electron chi connectivity index (χ1n) is 5.14. The molecule has 0 saturated carbocycles. The number of nitrogens with zero attached hydrogens (tertiary/aromatic N) is 2. The minimum Gasteiger partial charge on any atom is -0.306 e. The predicted octanol–water partition coefficient (Wildman–Crippen LogP) is 1.51. The fourth-order valence-electron chi connectivity index (χ4n) is 1.85. The summed E-state index contributed by atoms with van der Waals surface area (Å²) in [6, 6.07) is 0. The Labute approximate surface area is 87.9 Å². The highest BCUT2D eigenvalue weighted by molar-refractivity contribution is 5.50. The topological polar surface area (TPSA) is 50.2 Å². The van der Waals surface area contributed by atoms with Crippen molar-refractivity contribution < 1.29 is 0 Å². The molecule has 2 aromatic rings. The van der Waals surface area contributed by atoms with Gasteiger partial charge in [-0.1, -0.05) is 6.92 Å². The molecule has 0 bridgehead atoms. The zero-order valence-electron chi connectivity index (χ0n) is 9.51. The maximum Gasteiger partial charge on any atom is 0.254 e. The molecule has 0 amide bonds. The van der Waals surface area contributed by atoms with E-state index in [4.69, 9.17) is 0 Å². The van der Waals surface area contributed by atoms with E-state index in [1.807, 2.05) is 32.2 Å². The highest BCUT2D eigenvalue weighted by atomic mass is 16.1. The van der Waals surface area contributed by atoms with Crippen LogP contribution in [0.4, 0.5) is 0 Å². The van der Waals surface area contributed by atoms with Gasteiger partial charge in [-0.15, -0.1) is 0 Å². The average molecular weight is 205 g/mol. The lowest BCUT2D eigenvalue weighted by Crippen LogP contribution is -2.17. The van der Waals surface area contributed by atoms with E-state index in [0.29, 0.717) is 0 Å². The molecule has 0 radical (unpaired) electrons. The third-order valence-corrected chi connectivity index (χ3v) is 2.96.